The predicted molar refractivity (Wildman–Crippen MR) is 106 cm³/mol. The monoisotopic (exact) mass is 430 g/mol. The standard InChI is InChI=1S/C19H17F3N8O/c1-3-30(9-10-4-5-15(28-27-10)19(20,21)22)18(31)13-6-11-14(8-24-13)26-17(23)12-7-25-29(2)16(11)12/h4-8H,3,9H2,1-2H3,(H2,23,26). The number of halogens is 3. The second-order valence-electron chi connectivity index (χ2n) is 6.84. The van der Waals surface area contributed by atoms with Gasteiger partial charge in [0.25, 0.3) is 5.91 Å². The van der Waals surface area contributed by atoms with Crippen molar-refractivity contribution in [1.29, 1.82) is 0 Å². The lowest BCUT2D eigenvalue weighted by Gasteiger charge is -2.20. The molecule has 31 heavy (non-hydrogen) atoms. The number of anilines is 1. The highest BCUT2D eigenvalue weighted by Crippen LogP contribution is 2.28. The van der Waals surface area contributed by atoms with E-state index in [1.807, 2.05) is 0 Å². The van der Waals surface area contributed by atoms with Gasteiger partial charge in [-0.25, -0.2) is 9.97 Å². The summed E-state index contributed by atoms with van der Waals surface area (Å²) in [5.74, 6) is -0.0919. The van der Waals surface area contributed by atoms with E-state index in [2.05, 4.69) is 25.3 Å². The minimum absolute atomic E-state index is 0.0126. The molecule has 4 heterocycles. The molecule has 9 nitrogen and oxygen atoms in total. The normalized spacial score (nSPS) is 11.9. The molecule has 0 fully saturated rings. The van der Waals surface area contributed by atoms with Crippen LogP contribution in [0, 0.1) is 0 Å². The van der Waals surface area contributed by atoms with Crippen molar-refractivity contribution in [2.24, 2.45) is 7.05 Å². The minimum atomic E-state index is -4.57. The largest absolute Gasteiger partial charge is 0.435 e. The summed E-state index contributed by atoms with van der Waals surface area (Å²) in [5, 5.41) is 12.3. The first-order chi connectivity index (χ1) is 14.7. The van der Waals surface area contributed by atoms with Crippen LogP contribution in [0.5, 0.6) is 0 Å². The molecule has 4 aromatic heterocycles. The maximum absolute atomic E-state index is 13.0. The van der Waals surface area contributed by atoms with Gasteiger partial charge < -0.3 is 10.6 Å². The molecule has 4 rings (SSSR count). The van der Waals surface area contributed by atoms with E-state index in [1.165, 1.54) is 17.2 Å². The Hall–Kier alpha value is -3.83. The summed E-state index contributed by atoms with van der Waals surface area (Å²) in [6.45, 7) is 2.03. The van der Waals surface area contributed by atoms with E-state index in [0.717, 1.165) is 11.6 Å². The summed E-state index contributed by atoms with van der Waals surface area (Å²) >= 11 is 0. The van der Waals surface area contributed by atoms with Crippen LogP contribution in [0.2, 0.25) is 0 Å². The molecule has 12 heteroatoms. The number of rotatable bonds is 4. The van der Waals surface area contributed by atoms with Crippen LogP contribution in [0.15, 0.2) is 30.6 Å². The molecule has 0 aliphatic carbocycles. The first kappa shape index (κ1) is 20.4. The number of nitrogens with two attached hydrogens (primary N) is 1. The number of hydrogen-bond acceptors (Lipinski definition) is 7. The third-order valence-corrected chi connectivity index (χ3v) is 4.84. The lowest BCUT2D eigenvalue weighted by Crippen LogP contribution is -2.31. The highest BCUT2D eigenvalue weighted by molar-refractivity contribution is 6.09. The molecule has 1 amide bonds. The Labute approximate surface area is 173 Å². The Bertz CT molecular complexity index is 1280. The number of nitrogens with zero attached hydrogens (tertiary/aromatic N) is 7. The predicted octanol–water partition coefficient (Wildman–Crippen LogP) is 2.57. The Morgan fingerprint density at radius 3 is 2.61 bits per heavy atom. The molecular weight excluding hydrogens is 413 g/mol. The van der Waals surface area contributed by atoms with Gasteiger partial charge in [-0.3, -0.25) is 9.48 Å². The number of hydrogen-bond donors (Lipinski definition) is 1. The molecule has 0 atom stereocenters. The van der Waals surface area contributed by atoms with Crippen molar-refractivity contribution in [2.75, 3.05) is 12.3 Å². The first-order valence-corrected chi connectivity index (χ1v) is 9.25. The van der Waals surface area contributed by atoms with Crippen LogP contribution in [0.1, 0.15) is 28.8 Å². The fraction of sp³-hybridized carbons (Fsp3) is 0.263. The third-order valence-electron chi connectivity index (χ3n) is 4.84. The molecule has 0 radical (unpaired) electrons. The lowest BCUT2D eigenvalue weighted by atomic mass is 10.1. The van der Waals surface area contributed by atoms with Crippen LogP contribution in [-0.4, -0.2) is 47.3 Å². The van der Waals surface area contributed by atoms with Gasteiger partial charge in [-0.1, -0.05) is 0 Å². The molecule has 0 unspecified atom stereocenters. The van der Waals surface area contributed by atoms with Crippen molar-refractivity contribution in [3.8, 4) is 0 Å². The van der Waals surface area contributed by atoms with Crippen LogP contribution < -0.4 is 5.73 Å². The average Bonchev–Trinajstić information content (AvgIpc) is 3.13. The SMILES string of the molecule is CCN(Cc1ccc(C(F)(F)F)nn1)C(=O)c1cc2c(cn1)nc(N)c1cnn(C)c12. The topological polar surface area (TPSA) is 116 Å². The molecule has 2 N–H and O–H groups in total. The van der Waals surface area contributed by atoms with E-state index < -0.39 is 17.8 Å². The average molecular weight is 430 g/mol. The van der Waals surface area contributed by atoms with E-state index >= 15 is 0 Å². The zero-order valence-corrected chi connectivity index (χ0v) is 16.6. The number of aromatic nitrogens is 6. The number of fused-ring (bicyclic) bond motifs is 3. The molecule has 160 valence electrons. The van der Waals surface area contributed by atoms with Gasteiger partial charge >= 0.3 is 6.18 Å². The molecule has 0 aliphatic rings. The molecule has 4 aromatic rings. The van der Waals surface area contributed by atoms with Crippen LogP contribution in [-0.2, 0) is 19.8 Å². The van der Waals surface area contributed by atoms with Gasteiger partial charge in [-0.15, -0.1) is 5.10 Å². The van der Waals surface area contributed by atoms with Crippen LogP contribution in [0.4, 0.5) is 19.0 Å². The van der Waals surface area contributed by atoms with E-state index in [9.17, 15) is 18.0 Å². The van der Waals surface area contributed by atoms with Crippen LogP contribution in [0.3, 0.4) is 0 Å². The maximum Gasteiger partial charge on any atom is 0.435 e. The molecule has 0 saturated heterocycles. The Kier molecular flexibility index (Phi) is 4.91. The summed E-state index contributed by atoms with van der Waals surface area (Å²) in [6.07, 6.45) is -1.52. The zero-order chi connectivity index (χ0) is 22.3. The quantitative estimate of drug-likeness (QED) is 0.529. The second kappa shape index (κ2) is 7.45. The van der Waals surface area contributed by atoms with Gasteiger partial charge in [-0.2, -0.15) is 23.4 Å². The van der Waals surface area contributed by atoms with E-state index in [1.54, 1.807) is 30.9 Å². The van der Waals surface area contributed by atoms with Crippen molar-refractivity contribution in [3.05, 3.63) is 47.7 Å². The van der Waals surface area contributed by atoms with Gasteiger partial charge in [0.15, 0.2) is 5.69 Å². The Balaban J connectivity index is 1.66. The molecule has 0 saturated carbocycles. The molecule has 0 aromatic carbocycles. The molecular formula is C19H17F3N8O. The van der Waals surface area contributed by atoms with Crippen LogP contribution in [0.25, 0.3) is 21.8 Å². The van der Waals surface area contributed by atoms with Gasteiger partial charge in [0.1, 0.15) is 11.5 Å². The van der Waals surface area contributed by atoms with Gasteiger partial charge in [-0.05, 0) is 25.1 Å². The van der Waals surface area contributed by atoms with E-state index in [4.69, 9.17) is 5.73 Å². The van der Waals surface area contributed by atoms with Gasteiger partial charge in [0.05, 0.1) is 41.1 Å². The summed E-state index contributed by atoms with van der Waals surface area (Å²) < 4.78 is 39.7. The zero-order valence-electron chi connectivity index (χ0n) is 16.6. The van der Waals surface area contributed by atoms with Crippen molar-refractivity contribution in [1.82, 2.24) is 34.8 Å². The summed E-state index contributed by atoms with van der Waals surface area (Å²) in [7, 11) is 1.75. The Morgan fingerprint density at radius 1 is 1.19 bits per heavy atom. The van der Waals surface area contributed by atoms with E-state index in [0.29, 0.717) is 28.7 Å². The highest BCUT2D eigenvalue weighted by atomic mass is 19.4. The number of carbonyl (C=O) groups is 1. The number of carbonyl (C=O) groups excluding carboxylic acids is 1. The van der Waals surface area contributed by atoms with Gasteiger partial charge in [0.2, 0.25) is 0 Å². The number of pyridine rings is 2. The maximum atomic E-state index is 13.0. The van der Waals surface area contributed by atoms with Crippen molar-refractivity contribution in [3.63, 3.8) is 0 Å². The third kappa shape index (κ3) is 3.71. The first-order valence-electron chi connectivity index (χ1n) is 9.25. The number of nitrogen functional groups attached to an aromatic ring is 1. The fourth-order valence-corrected chi connectivity index (χ4v) is 3.26. The van der Waals surface area contributed by atoms with E-state index in [-0.39, 0.29) is 17.9 Å². The van der Waals surface area contributed by atoms with Crippen molar-refractivity contribution < 1.29 is 18.0 Å². The highest BCUT2D eigenvalue weighted by Gasteiger charge is 2.33. The minimum Gasteiger partial charge on any atom is -0.383 e. The van der Waals surface area contributed by atoms with Crippen molar-refractivity contribution >= 4 is 33.5 Å². The Morgan fingerprint density at radius 2 is 1.97 bits per heavy atom. The fourth-order valence-electron chi connectivity index (χ4n) is 3.26. The summed E-state index contributed by atoms with van der Waals surface area (Å²) in [5.41, 5.74) is 6.51. The number of aryl methyl sites for hydroxylation is 1. The number of amides is 1. The smallest absolute Gasteiger partial charge is 0.383 e. The molecule has 0 aliphatic heterocycles. The summed E-state index contributed by atoms with van der Waals surface area (Å²) in [6, 6.07) is 3.64. The van der Waals surface area contributed by atoms with Crippen molar-refractivity contribution in [2.45, 2.75) is 19.6 Å². The summed E-state index contributed by atoms with van der Waals surface area (Å²) in [4.78, 5) is 23.0. The second-order valence-corrected chi connectivity index (χ2v) is 6.84. The lowest BCUT2D eigenvalue weighted by molar-refractivity contribution is -0.141. The van der Waals surface area contributed by atoms with Gasteiger partial charge in [0, 0.05) is 19.0 Å². The van der Waals surface area contributed by atoms with Crippen LogP contribution >= 0.6 is 0 Å². The number of alkyl halides is 3. The molecule has 0 spiro atoms. The molecule has 0 bridgehead atoms.